The van der Waals surface area contributed by atoms with Crippen LogP contribution in [0.5, 0.6) is 5.75 Å². The maximum atomic E-state index is 11.8. The van der Waals surface area contributed by atoms with Crippen LogP contribution in [0, 0.1) is 17.8 Å². The zero-order valence-corrected chi connectivity index (χ0v) is 14.6. The molecule has 25 heavy (non-hydrogen) atoms. The van der Waals surface area contributed by atoms with Crippen molar-refractivity contribution in [1.29, 1.82) is 0 Å². The molecule has 0 saturated heterocycles. The van der Waals surface area contributed by atoms with Gasteiger partial charge in [0.05, 0.1) is 12.1 Å². The Morgan fingerprint density at radius 1 is 1.16 bits per heavy atom. The molecule has 1 aliphatic rings. The molecule has 0 heterocycles. The molecule has 5 nitrogen and oxygen atoms in total. The van der Waals surface area contributed by atoms with Gasteiger partial charge in [0.15, 0.2) is 0 Å². The van der Waals surface area contributed by atoms with Crippen LogP contribution in [0.15, 0.2) is 24.3 Å². The van der Waals surface area contributed by atoms with Crippen molar-refractivity contribution in [2.45, 2.75) is 44.9 Å². The first-order valence-electron chi connectivity index (χ1n) is 8.91. The first kappa shape index (κ1) is 18.9. The van der Waals surface area contributed by atoms with E-state index in [1.807, 2.05) is 0 Å². The molecule has 0 unspecified atom stereocenters. The number of carbonyl (C=O) groups is 2. The average Bonchev–Trinajstić information content (AvgIpc) is 2.64. The second kappa shape index (κ2) is 10.4. The van der Waals surface area contributed by atoms with Gasteiger partial charge in [-0.25, -0.2) is 0 Å². The average molecular weight is 342 g/mol. The Kier molecular flexibility index (Phi) is 7.84. The quantitative estimate of drug-likeness (QED) is 0.748. The number of rotatable bonds is 7. The topological polar surface area (TPSA) is 81.4 Å². The lowest BCUT2D eigenvalue weighted by Gasteiger charge is -2.20. The van der Waals surface area contributed by atoms with E-state index in [2.05, 4.69) is 17.2 Å². The van der Waals surface area contributed by atoms with Crippen molar-refractivity contribution in [2.75, 3.05) is 13.2 Å². The standard InChI is InChI=1S/C20H26N2O3/c21-20(24)17-10-4-5-11-18(17)25-15-7-6-14-22-19(23)13-12-16-8-2-1-3-9-16/h4-5,10-11,16H,1-3,8-9,12-15H2,(H2,21,24)(H,22,23). The molecule has 0 atom stereocenters. The Labute approximate surface area is 149 Å². The molecule has 0 aromatic heterocycles. The Balaban J connectivity index is 1.62. The third-order valence-electron chi connectivity index (χ3n) is 4.46. The smallest absolute Gasteiger partial charge is 0.252 e. The van der Waals surface area contributed by atoms with E-state index in [4.69, 9.17) is 10.5 Å². The summed E-state index contributed by atoms with van der Waals surface area (Å²) in [5.41, 5.74) is 5.61. The Morgan fingerprint density at radius 3 is 2.68 bits per heavy atom. The van der Waals surface area contributed by atoms with Gasteiger partial charge in [-0.15, -0.1) is 0 Å². The van der Waals surface area contributed by atoms with Gasteiger partial charge in [-0.2, -0.15) is 0 Å². The number of amides is 2. The minimum atomic E-state index is -0.534. The number of hydrogen-bond acceptors (Lipinski definition) is 3. The summed E-state index contributed by atoms with van der Waals surface area (Å²) >= 11 is 0. The predicted octanol–water partition coefficient (Wildman–Crippen LogP) is 2.64. The number of benzene rings is 1. The van der Waals surface area contributed by atoms with Gasteiger partial charge in [-0.05, 0) is 24.5 Å². The van der Waals surface area contributed by atoms with Crippen LogP contribution < -0.4 is 15.8 Å². The molecule has 0 radical (unpaired) electrons. The number of nitrogens with two attached hydrogens (primary N) is 1. The van der Waals surface area contributed by atoms with Crippen LogP contribution in [-0.4, -0.2) is 25.0 Å². The van der Waals surface area contributed by atoms with Gasteiger partial charge in [-0.3, -0.25) is 9.59 Å². The largest absolute Gasteiger partial charge is 0.480 e. The van der Waals surface area contributed by atoms with Gasteiger partial charge in [0.1, 0.15) is 12.4 Å². The van der Waals surface area contributed by atoms with Crippen LogP contribution in [0.4, 0.5) is 0 Å². The second-order valence-corrected chi connectivity index (χ2v) is 6.32. The molecule has 2 amide bonds. The first-order valence-corrected chi connectivity index (χ1v) is 8.91. The van der Waals surface area contributed by atoms with E-state index in [1.54, 1.807) is 24.3 Å². The monoisotopic (exact) mass is 342 g/mol. The van der Waals surface area contributed by atoms with Crippen molar-refractivity contribution < 1.29 is 14.3 Å². The van der Waals surface area contributed by atoms with Gasteiger partial charge in [0.2, 0.25) is 5.91 Å². The van der Waals surface area contributed by atoms with E-state index in [0.29, 0.717) is 30.2 Å². The lowest BCUT2D eigenvalue weighted by atomic mass is 9.86. The molecule has 1 aromatic carbocycles. The SMILES string of the molecule is NC(=O)c1ccccc1OCC#CCNC(=O)CCC1CCCCC1. The molecule has 3 N–H and O–H groups in total. The van der Waals surface area contributed by atoms with E-state index < -0.39 is 5.91 Å². The number of primary amides is 1. The maximum absolute atomic E-state index is 11.8. The van der Waals surface area contributed by atoms with Crippen LogP contribution in [-0.2, 0) is 4.79 Å². The molecule has 1 fully saturated rings. The molecule has 0 aliphatic heterocycles. The summed E-state index contributed by atoms with van der Waals surface area (Å²) in [5, 5.41) is 2.81. The number of nitrogens with one attached hydrogen (secondary N) is 1. The Morgan fingerprint density at radius 2 is 1.92 bits per heavy atom. The molecule has 134 valence electrons. The highest BCUT2D eigenvalue weighted by Crippen LogP contribution is 2.27. The lowest BCUT2D eigenvalue weighted by Crippen LogP contribution is -2.24. The minimum absolute atomic E-state index is 0.0554. The highest BCUT2D eigenvalue weighted by molar-refractivity contribution is 5.95. The number of carbonyl (C=O) groups excluding carboxylic acids is 2. The Bertz CT molecular complexity index is 640. The number of hydrogen-bond donors (Lipinski definition) is 2. The zero-order chi connectivity index (χ0) is 17.9. The van der Waals surface area contributed by atoms with Gasteiger partial charge >= 0.3 is 0 Å². The first-order chi connectivity index (χ1) is 12.2. The third kappa shape index (κ3) is 6.88. The van der Waals surface area contributed by atoms with Gasteiger partial charge in [0, 0.05) is 6.42 Å². The van der Waals surface area contributed by atoms with E-state index >= 15 is 0 Å². The van der Waals surface area contributed by atoms with Crippen molar-refractivity contribution in [3.8, 4) is 17.6 Å². The van der Waals surface area contributed by atoms with Crippen molar-refractivity contribution in [3.63, 3.8) is 0 Å². The molecule has 5 heteroatoms. The van der Waals surface area contributed by atoms with Gasteiger partial charge in [-0.1, -0.05) is 56.1 Å². The summed E-state index contributed by atoms with van der Waals surface area (Å²) in [6, 6.07) is 6.77. The van der Waals surface area contributed by atoms with Crippen LogP contribution in [0.1, 0.15) is 55.3 Å². The molecule has 2 rings (SSSR count). The molecular formula is C20H26N2O3. The van der Waals surface area contributed by atoms with Crippen molar-refractivity contribution in [2.24, 2.45) is 11.7 Å². The molecule has 1 saturated carbocycles. The van der Waals surface area contributed by atoms with E-state index in [0.717, 1.165) is 6.42 Å². The lowest BCUT2D eigenvalue weighted by molar-refractivity contribution is -0.121. The van der Waals surface area contributed by atoms with Crippen LogP contribution >= 0.6 is 0 Å². The van der Waals surface area contributed by atoms with E-state index in [-0.39, 0.29) is 12.5 Å². The van der Waals surface area contributed by atoms with E-state index in [9.17, 15) is 9.59 Å². The highest BCUT2D eigenvalue weighted by Gasteiger charge is 2.14. The fraction of sp³-hybridized carbons (Fsp3) is 0.500. The number of ether oxygens (including phenoxy) is 1. The molecule has 0 spiro atoms. The normalized spacial score (nSPS) is 14.2. The fourth-order valence-corrected chi connectivity index (χ4v) is 3.07. The maximum Gasteiger partial charge on any atom is 0.252 e. The summed E-state index contributed by atoms with van der Waals surface area (Å²) in [6.07, 6.45) is 8.02. The molecule has 1 aromatic rings. The molecule has 0 bridgehead atoms. The summed E-state index contributed by atoms with van der Waals surface area (Å²) in [5.74, 6) is 6.32. The van der Waals surface area contributed by atoms with E-state index in [1.165, 1.54) is 32.1 Å². The predicted molar refractivity (Wildman–Crippen MR) is 97.0 cm³/mol. The summed E-state index contributed by atoms with van der Waals surface area (Å²) in [7, 11) is 0. The van der Waals surface area contributed by atoms with Gasteiger partial charge in [0.25, 0.3) is 5.91 Å². The summed E-state index contributed by atoms with van der Waals surface area (Å²) in [6.45, 7) is 0.451. The second-order valence-electron chi connectivity index (χ2n) is 6.32. The van der Waals surface area contributed by atoms with Crippen LogP contribution in [0.3, 0.4) is 0 Å². The molecule has 1 aliphatic carbocycles. The Hall–Kier alpha value is -2.48. The van der Waals surface area contributed by atoms with Gasteiger partial charge < -0.3 is 15.8 Å². The third-order valence-corrected chi connectivity index (χ3v) is 4.46. The minimum Gasteiger partial charge on any atom is -0.480 e. The molecular weight excluding hydrogens is 316 g/mol. The summed E-state index contributed by atoms with van der Waals surface area (Å²) < 4.78 is 5.45. The number of para-hydroxylation sites is 1. The zero-order valence-electron chi connectivity index (χ0n) is 14.6. The highest BCUT2D eigenvalue weighted by atomic mass is 16.5. The fourth-order valence-electron chi connectivity index (χ4n) is 3.07. The van der Waals surface area contributed by atoms with Crippen molar-refractivity contribution in [3.05, 3.63) is 29.8 Å². The van der Waals surface area contributed by atoms with Crippen molar-refractivity contribution in [1.82, 2.24) is 5.32 Å². The summed E-state index contributed by atoms with van der Waals surface area (Å²) in [4.78, 5) is 23.1. The van der Waals surface area contributed by atoms with Crippen molar-refractivity contribution >= 4 is 11.8 Å². The van der Waals surface area contributed by atoms with Crippen LogP contribution in [0.2, 0.25) is 0 Å². The van der Waals surface area contributed by atoms with Crippen LogP contribution in [0.25, 0.3) is 0 Å².